The Morgan fingerprint density at radius 2 is 1.91 bits per heavy atom. The molecular formula is C27H29N7. The van der Waals surface area contributed by atoms with Crippen LogP contribution in [0, 0.1) is 0 Å². The second-order valence-electron chi connectivity index (χ2n) is 9.00. The van der Waals surface area contributed by atoms with Gasteiger partial charge in [-0.3, -0.25) is 10.1 Å². The third-order valence-corrected chi connectivity index (χ3v) is 6.67. The lowest BCUT2D eigenvalue weighted by Gasteiger charge is -2.29. The van der Waals surface area contributed by atoms with E-state index in [4.69, 9.17) is 4.98 Å². The molecule has 6 rings (SSSR count). The summed E-state index contributed by atoms with van der Waals surface area (Å²) in [6, 6.07) is 15.0. The van der Waals surface area contributed by atoms with Crippen molar-refractivity contribution in [3.05, 3.63) is 60.4 Å². The van der Waals surface area contributed by atoms with Gasteiger partial charge in [-0.25, -0.2) is 4.98 Å². The van der Waals surface area contributed by atoms with Crippen molar-refractivity contribution in [3.63, 3.8) is 0 Å². The first-order valence-electron chi connectivity index (χ1n) is 12.2. The first kappa shape index (κ1) is 20.9. The number of hydrogen-bond acceptors (Lipinski definition) is 5. The number of nitrogens with one attached hydrogen (secondary N) is 3. The van der Waals surface area contributed by atoms with Crippen molar-refractivity contribution in [3.8, 4) is 22.6 Å². The van der Waals surface area contributed by atoms with Crippen molar-refractivity contribution in [2.24, 2.45) is 0 Å². The van der Waals surface area contributed by atoms with Crippen molar-refractivity contribution in [1.29, 1.82) is 0 Å². The zero-order valence-electron chi connectivity index (χ0n) is 19.4. The van der Waals surface area contributed by atoms with E-state index >= 15 is 0 Å². The summed E-state index contributed by atoms with van der Waals surface area (Å²) in [5, 5.41) is 12.4. The van der Waals surface area contributed by atoms with E-state index in [0.717, 1.165) is 70.9 Å². The maximum absolute atomic E-state index is 5.00. The summed E-state index contributed by atoms with van der Waals surface area (Å²) in [7, 11) is 0. The van der Waals surface area contributed by atoms with Crippen LogP contribution in [0.1, 0.15) is 31.7 Å². The van der Waals surface area contributed by atoms with E-state index in [0.29, 0.717) is 0 Å². The van der Waals surface area contributed by atoms with Crippen LogP contribution < -0.4 is 10.2 Å². The Kier molecular flexibility index (Phi) is 5.47. The molecule has 0 amide bonds. The fraction of sp³-hybridized carbons (Fsp3) is 0.296. The van der Waals surface area contributed by atoms with Gasteiger partial charge in [0.15, 0.2) is 0 Å². The molecule has 0 saturated carbocycles. The van der Waals surface area contributed by atoms with Gasteiger partial charge in [0.2, 0.25) is 0 Å². The van der Waals surface area contributed by atoms with E-state index in [9.17, 15) is 0 Å². The molecule has 1 aliphatic heterocycles. The predicted octanol–water partition coefficient (Wildman–Crippen LogP) is 5.27. The van der Waals surface area contributed by atoms with Crippen molar-refractivity contribution in [2.45, 2.75) is 32.7 Å². The Morgan fingerprint density at radius 1 is 1.00 bits per heavy atom. The number of benzene rings is 1. The molecule has 0 aliphatic carbocycles. The topological polar surface area (TPSA) is 85.5 Å². The van der Waals surface area contributed by atoms with Gasteiger partial charge in [0.25, 0.3) is 0 Å². The highest BCUT2D eigenvalue weighted by molar-refractivity contribution is 5.99. The maximum atomic E-state index is 5.00. The van der Waals surface area contributed by atoms with Crippen molar-refractivity contribution in [2.75, 3.05) is 24.5 Å². The monoisotopic (exact) mass is 451 g/mol. The second-order valence-corrected chi connectivity index (χ2v) is 9.00. The molecular weight excluding hydrogens is 422 g/mol. The molecule has 0 radical (unpaired) electrons. The Bertz CT molecular complexity index is 1440. The number of anilines is 1. The van der Waals surface area contributed by atoms with E-state index < -0.39 is 0 Å². The molecule has 7 heteroatoms. The Hall–Kier alpha value is -3.71. The van der Waals surface area contributed by atoms with Crippen molar-refractivity contribution >= 4 is 27.6 Å². The molecule has 0 spiro atoms. The van der Waals surface area contributed by atoms with Gasteiger partial charge in [0, 0.05) is 54.2 Å². The molecule has 172 valence electrons. The van der Waals surface area contributed by atoms with Crippen LogP contribution in [0.3, 0.4) is 0 Å². The van der Waals surface area contributed by atoms with Crippen molar-refractivity contribution < 1.29 is 0 Å². The van der Waals surface area contributed by atoms with Crippen LogP contribution in [0.5, 0.6) is 0 Å². The smallest absolute Gasteiger partial charge is 0.135 e. The van der Waals surface area contributed by atoms with Crippen molar-refractivity contribution in [1.82, 2.24) is 30.5 Å². The maximum Gasteiger partial charge on any atom is 0.135 e. The summed E-state index contributed by atoms with van der Waals surface area (Å²) in [5.41, 5.74) is 9.09. The van der Waals surface area contributed by atoms with Gasteiger partial charge in [-0.15, -0.1) is 0 Å². The summed E-state index contributed by atoms with van der Waals surface area (Å²) in [6.45, 7) is 6.07. The van der Waals surface area contributed by atoms with Crippen LogP contribution in [-0.2, 0) is 6.54 Å². The summed E-state index contributed by atoms with van der Waals surface area (Å²) >= 11 is 0. The second kappa shape index (κ2) is 8.91. The van der Waals surface area contributed by atoms with Crippen LogP contribution >= 0.6 is 0 Å². The third-order valence-electron chi connectivity index (χ3n) is 6.67. The number of aromatic amines is 2. The number of hydrogen-bond donors (Lipinski definition) is 3. The molecule has 4 aromatic heterocycles. The zero-order chi connectivity index (χ0) is 22.9. The fourth-order valence-corrected chi connectivity index (χ4v) is 4.92. The molecule has 5 aromatic rings. The fourth-order valence-electron chi connectivity index (χ4n) is 4.92. The number of nitrogens with zero attached hydrogens (tertiary/aromatic N) is 4. The summed E-state index contributed by atoms with van der Waals surface area (Å²) in [4.78, 5) is 15.5. The molecule has 1 aliphatic rings. The summed E-state index contributed by atoms with van der Waals surface area (Å²) in [6.07, 6.45) is 7.62. The first-order valence-corrected chi connectivity index (χ1v) is 12.2. The van der Waals surface area contributed by atoms with Gasteiger partial charge in [-0.1, -0.05) is 13.0 Å². The van der Waals surface area contributed by atoms with E-state index in [1.54, 1.807) is 0 Å². The van der Waals surface area contributed by atoms with Gasteiger partial charge in [-0.05, 0) is 67.8 Å². The standard InChI is InChI=1S/C27H29N7/c1-2-28-15-18-13-19(17-29-16-18)21-9-10-23-26(31-21)27(33-32-23)24-14-20-22(30-24)7-6-8-25(20)34-11-4-3-5-12-34/h6-10,13-14,16-17,28,30H,2-5,11-12,15H2,1H3,(H,32,33). The Labute approximate surface area is 198 Å². The molecule has 34 heavy (non-hydrogen) atoms. The molecule has 5 heterocycles. The normalized spacial score (nSPS) is 14.3. The Balaban J connectivity index is 1.40. The minimum atomic E-state index is 0.797. The van der Waals surface area contributed by atoms with E-state index in [2.05, 4.69) is 67.6 Å². The third kappa shape index (κ3) is 3.82. The average Bonchev–Trinajstić information content (AvgIpc) is 3.51. The number of rotatable bonds is 6. The Morgan fingerprint density at radius 3 is 2.79 bits per heavy atom. The van der Waals surface area contributed by atoms with E-state index in [-0.39, 0.29) is 0 Å². The lowest BCUT2D eigenvalue weighted by molar-refractivity contribution is 0.579. The molecule has 0 atom stereocenters. The molecule has 1 aromatic carbocycles. The van der Waals surface area contributed by atoms with Gasteiger partial charge < -0.3 is 15.2 Å². The van der Waals surface area contributed by atoms with Gasteiger partial charge in [0.1, 0.15) is 11.2 Å². The number of pyridine rings is 2. The number of H-pyrrole nitrogens is 2. The summed E-state index contributed by atoms with van der Waals surface area (Å²) in [5.74, 6) is 0. The van der Waals surface area contributed by atoms with Crippen LogP contribution in [0.2, 0.25) is 0 Å². The minimum absolute atomic E-state index is 0.797. The van der Waals surface area contributed by atoms with Crippen LogP contribution in [0.25, 0.3) is 44.6 Å². The van der Waals surface area contributed by atoms with Gasteiger partial charge in [0.05, 0.1) is 16.9 Å². The zero-order valence-corrected chi connectivity index (χ0v) is 19.4. The molecule has 1 saturated heterocycles. The molecule has 0 bridgehead atoms. The highest BCUT2D eigenvalue weighted by Gasteiger charge is 2.18. The van der Waals surface area contributed by atoms with Gasteiger partial charge >= 0.3 is 0 Å². The quantitative estimate of drug-likeness (QED) is 0.328. The predicted molar refractivity (Wildman–Crippen MR) is 138 cm³/mol. The molecule has 3 N–H and O–H groups in total. The summed E-state index contributed by atoms with van der Waals surface area (Å²) < 4.78 is 0. The SMILES string of the molecule is CCNCc1cncc(-c2ccc3[nH]nc(-c4cc5c(N6CCCCC6)cccc5[nH]4)c3n2)c1. The van der Waals surface area contributed by atoms with Crippen LogP contribution in [0.4, 0.5) is 5.69 Å². The van der Waals surface area contributed by atoms with E-state index in [1.165, 1.54) is 30.3 Å². The molecule has 1 fully saturated rings. The number of aromatic nitrogens is 5. The van der Waals surface area contributed by atoms with Gasteiger partial charge in [-0.2, -0.15) is 5.10 Å². The van der Waals surface area contributed by atoms with Crippen LogP contribution in [0.15, 0.2) is 54.9 Å². The van der Waals surface area contributed by atoms with E-state index in [1.807, 2.05) is 24.5 Å². The first-order chi connectivity index (χ1) is 16.8. The lowest BCUT2D eigenvalue weighted by Crippen LogP contribution is -2.29. The number of fused-ring (bicyclic) bond motifs is 2. The lowest BCUT2D eigenvalue weighted by atomic mass is 10.1. The largest absolute Gasteiger partial charge is 0.371 e. The average molecular weight is 452 g/mol. The molecule has 7 nitrogen and oxygen atoms in total. The number of piperidine rings is 1. The molecule has 0 unspecified atom stereocenters. The minimum Gasteiger partial charge on any atom is -0.371 e. The van der Waals surface area contributed by atoms with Crippen LogP contribution in [-0.4, -0.2) is 44.8 Å². The highest BCUT2D eigenvalue weighted by atomic mass is 15.1. The highest BCUT2D eigenvalue weighted by Crippen LogP contribution is 2.34.